The molecule has 2 radical (unpaired) electrons. The van der Waals surface area contributed by atoms with Gasteiger partial charge in [0.05, 0.1) is 20.5 Å². The van der Waals surface area contributed by atoms with Gasteiger partial charge in [-0.1, -0.05) is 0 Å². The number of hydrogen-bond donors (Lipinski definition) is 0. The van der Waals surface area contributed by atoms with E-state index in [-0.39, 0.29) is 33.4 Å². The van der Waals surface area contributed by atoms with Crippen LogP contribution < -0.4 is 10.2 Å². The fourth-order valence-electron chi connectivity index (χ4n) is 1.09. The summed E-state index contributed by atoms with van der Waals surface area (Å²) >= 11 is 0. The third-order valence-corrected chi connectivity index (χ3v) is 1.74. The average Bonchev–Trinajstić information content (AvgIpc) is 2.14. The SMILES string of the molecule is O=[N+]([O-])c1cc([O-])c([N+](=O)[O-])c([O-])c1[N+](=O)[O-].[Pb+2]. The van der Waals surface area contributed by atoms with E-state index in [1.807, 2.05) is 0 Å². The summed E-state index contributed by atoms with van der Waals surface area (Å²) in [5.74, 6) is -3.42. The van der Waals surface area contributed by atoms with Crippen LogP contribution in [0.25, 0.3) is 0 Å². The summed E-state index contributed by atoms with van der Waals surface area (Å²) in [6.07, 6.45) is 0. The third kappa shape index (κ3) is 2.60. The molecular formula is C6HN3O8Pb. The van der Waals surface area contributed by atoms with Crippen molar-refractivity contribution < 1.29 is 25.0 Å². The Morgan fingerprint density at radius 2 is 1.28 bits per heavy atom. The van der Waals surface area contributed by atoms with Crippen LogP contribution >= 0.6 is 0 Å². The van der Waals surface area contributed by atoms with Crippen molar-refractivity contribution in [2.75, 3.05) is 0 Å². The van der Waals surface area contributed by atoms with E-state index in [0.717, 1.165) is 0 Å². The summed E-state index contributed by atoms with van der Waals surface area (Å²) in [6, 6.07) is 0.0810. The first-order valence-corrected chi connectivity index (χ1v) is 3.75. The molecule has 0 amide bonds. The van der Waals surface area contributed by atoms with Gasteiger partial charge in [0, 0.05) is 6.07 Å². The quantitative estimate of drug-likeness (QED) is 0.326. The van der Waals surface area contributed by atoms with E-state index in [1.54, 1.807) is 0 Å². The molecule has 0 N–H and O–H groups in total. The first kappa shape index (κ1) is 15.9. The summed E-state index contributed by atoms with van der Waals surface area (Å²) in [4.78, 5) is 26.9. The number of nitrogens with zero attached hydrogens (tertiary/aromatic N) is 3. The molecule has 0 bridgehead atoms. The zero-order valence-corrected chi connectivity index (χ0v) is 12.1. The standard InChI is InChI=1S/C6H3N3O8.Pb/c10-3-1-2(7(12)13)4(8(14)15)6(11)5(3)9(16)17;/h1,10-11H;/q;+2/p-2. The molecule has 0 saturated carbocycles. The van der Waals surface area contributed by atoms with E-state index < -0.39 is 43.3 Å². The van der Waals surface area contributed by atoms with Crippen LogP contribution in [0.1, 0.15) is 0 Å². The molecule has 0 aliphatic carbocycles. The number of rotatable bonds is 3. The molecule has 0 fully saturated rings. The summed E-state index contributed by atoms with van der Waals surface area (Å²) in [6.45, 7) is 0. The van der Waals surface area contributed by atoms with Crippen LogP contribution in [-0.4, -0.2) is 42.1 Å². The van der Waals surface area contributed by atoms with Crippen molar-refractivity contribution in [1.82, 2.24) is 0 Å². The Kier molecular flexibility index (Phi) is 4.89. The largest absolute Gasteiger partial charge is 2.00 e. The number of benzene rings is 1. The minimum absolute atomic E-state index is 0. The monoisotopic (exact) mass is 451 g/mol. The van der Waals surface area contributed by atoms with Gasteiger partial charge in [-0.05, 0) is 5.75 Å². The topological polar surface area (TPSA) is 176 Å². The van der Waals surface area contributed by atoms with Crippen molar-refractivity contribution in [2.24, 2.45) is 0 Å². The second-order valence-corrected chi connectivity index (χ2v) is 2.69. The maximum atomic E-state index is 11.2. The Morgan fingerprint density at radius 1 is 0.833 bits per heavy atom. The van der Waals surface area contributed by atoms with Crippen molar-refractivity contribution in [3.8, 4) is 11.5 Å². The van der Waals surface area contributed by atoms with Crippen molar-refractivity contribution in [3.63, 3.8) is 0 Å². The summed E-state index contributed by atoms with van der Waals surface area (Å²) < 4.78 is 0. The van der Waals surface area contributed by atoms with E-state index in [2.05, 4.69) is 0 Å². The Bertz CT molecular complexity index is 544. The third-order valence-electron chi connectivity index (χ3n) is 1.74. The molecule has 1 aromatic carbocycles. The molecule has 0 spiro atoms. The van der Waals surface area contributed by atoms with Crippen LogP contribution in [0.2, 0.25) is 0 Å². The molecule has 0 aromatic heterocycles. The van der Waals surface area contributed by atoms with Crippen LogP contribution in [0, 0.1) is 30.3 Å². The second-order valence-electron chi connectivity index (χ2n) is 2.69. The fourth-order valence-corrected chi connectivity index (χ4v) is 1.09. The zero-order chi connectivity index (χ0) is 13.3. The van der Waals surface area contributed by atoms with Gasteiger partial charge in [-0.2, -0.15) is 0 Å². The molecule has 11 nitrogen and oxygen atoms in total. The molecule has 18 heavy (non-hydrogen) atoms. The predicted molar refractivity (Wildman–Crippen MR) is 51.1 cm³/mol. The van der Waals surface area contributed by atoms with Crippen LogP contribution in [0.5, 0.6) is 11.5 Å². The molecule has 0 unspecified atom stereocenters. The molecule has 0 atom stereocenters. The minimum Gasteiger partial charge on any atom is -0.868 e. The van der Waals surface area contributed by atoms with E-state index >= 15 is 0 Å². The molecule has 1 aromatic rings. The van der Waals surface area contributed by atoms with Crippen molar-refractivity contribution in [3.05, 3.63) is 36.4 Å². The summed E-state index contributed by atoms with van der Waals surface area (Å²) in [5.41, 5.74) is -4.54. The van der Waals surface area contributed by atoms with Crippen molar-refractivity contribution >= 4 is 44.4 Å². The van der Waals surface area contributed by atoms with Gasteiger partial charge < -0.3 is 10.2 Å². The van der Waals surface area contributed by atoms with Crippen LogP contribution in [0.15, 0.2) is 6.07 Å². The number of nitro groups is 3. The van der Waals surface area contributed by atoms with Gasteiger partial charge in [-0.15, -0.1) is 0 Å². The van der Waals surface area contributed by atoms with Crippen molar-refractivity contribution in [1.29, 1.82) is 0 Å². The summed E-state index contributed by atoms with van der Waals surface area (Å²) in [7, 11) is 0. The van der Waals surface area contributed by atoms with E-state index in [1.165, 1.54) is 0 Å². The summed E-state index contributed by atoms with van der Waals surface area (Å²) in [5, 5.41) is 53.3. The number of nitro benzene ring substituents is 3. The molecule has 0 heterocycles. The second kappa shape index (κ2) is 5.52. The smallest absolute Gasteiger partial charge is 0.868 e. The minimum atomic E-state index is -1.88. The first-order valence-electron chi connectivity index (χ1n) is 3.75. The van der Waals surface area contributed by atoms with E-state index in [0.29, 0.717) is 0 Å². The van der Waals surface area contributed by atoms with Gasteiger partial charge >= 0.3 is 38.7 Å². The molecular weight excluding hydrogens is 449 g/mol. The van der Waals surface area contributed by atoms with Gasteiger partial charge in [-0.3, -0.25) is 30.3 Å². The van der Waals surface area contributed by atoms with Gasteiger partial charge in [0.15, 0.2) is 0 Å². The van der Waals surface area contributed by atoms with Crippen LogP contribution in [0.4, 0.5) is 17.1 Å². The Balaban J connectivity index is 0.00000289. The molecule has 92 valence electrons. The van der Waals surface area contributed by atoms with Gasteiger partial charge in [0.2, 0.25) is 0 Å². The van der Waals surface area contributed by atoms with E-state index in [4.69, 9.17) is 0 Å². The predicted octanol–water partition coefficient (Wildman–Crippen LogP) is -0.822. The van der Waals surface area contributed by atoms with Gasteiger partial charge in [0.1, 0.15) is 0 Å². The number of hydrogen-bond acceptors (Lipinski definition) is 8. The molecule has 0 saturated heterocycles. The Hall–Kier alpha value is -2.06. The van der Waals surface area contributed by atoms with E-state index in [9.17, 15) is 40.6 Å². The molecule has 0 aliphatic heterocycles. The maximum absolute atomic E-state index is 11.2. The average molecular weight is 450 g/mol. The molecule has 12 heteroatoms. The zero-order valence-electron chi connectivity index (χ0n) is 8.18. The normalized spacial score (nSPS) is 9.33. The maximum Gasteiger partial charge on any atom is 2.00 e. The van der Waals surface area contributed by atoms with Crippen LogP contribution in [0.3, 0.4) is 0 Å². The molecule has 1 rings (SSSR count). The van der Waals surface area contributed by atoms with Gasteiger partial charge in [-0.25, -0.2) is 0 Å². The van der Waals surface area contributed by atoms with Crippen molar-refractivity contribution in [2.45, 2.75) is 0 Å². The van der Waals surface area contributed by atoms with Crippen LogP contribution in [-0.2, 0) is 0 Å². The Morgan fingerprint density at radius 3 is 1.61 bits per heavy atom. The fraction of sp³-hybridized carbons (Fsp3) is 0. The molecule has 0 aliphatic rings. The first-order chi connectivity index (χ1) is 7.77. The Labute approximate surface area is 117 Å². The van der Waals surface area contributed by atoms with Gasteiger partial charge in [0.25, 0.3) is 5.69 Å².